The van der Waals surface area contributed by atoms with Crippen LogP contribution in [0.2, 0.25) is 0 Å². The van der Waals surface area contributed by atoms with Crippen LogP contribution in [0.1, 0.15) is 17.5 Å². The minimum atomic E-state index is -1.01. The first kappa shape index (κ1) is 22.8. The highest BCUT2D eigenvalue weighted by molar-refractivity contribution is 7.97. The van der Waals surface area contributed by atoms with E-state index in [9.17, 15) is 25.5 Å². The van der Waals surface area contributed by atoms with Gasteiger partial charge < -0.3 is 47.4 Å². The average molecular weight is 424 g/mol. The Kier molecular flexibility index (Phi) is 8.29. The molecule has 2 fully saturated rings. The van der Waals surface area contributed by atoms with E-state index in [1.165, 1.54) is 0 Å². The van der Waals surface area contributed by atoms with Crippen molar-refractivity contribution in [1.82, 2.24) is 4.98 Å². The lowest BCUT2D eigenvalue weighted by molar-refractivity contribution is -0.273. The van der Waals surface area contributed by atoms with Crippen molar-refractivity contribution < 1.29 is 47.4 Å². The van der Waals surface area contributed by atoms with E-state index in [2.05, 4.69) is 4.98 Å². The summed E-state index contributed by atoms with van der Waals surface area (Å²) in [5.41, 5.74) is 1.56. The van der Waals surface area contributed by atoms with Crippen molar-refractivity contribution >= 4 is 10.9 Å². The third-order valence-corrected chi connectivity index (χ3v) is 7.63. The smallest absolute Gasteiger partial charge is 0.184 e. The van der Waals surface area contributed by atoms with Crippen LogP contribution in [0.3, 0.4) is 0 Å². The summed E-state index contributed by atoms with van der Waals surface area (Å²) in [7, 11) is -0.573. The van der Waals surface area contributed by atoms with Gasteiger partial charge in [0.25, 0.3) is 0 Å². The molecule has 27 heavy (non-hydrogen) atoms. The first-order chi connectivity index (χ1) is 12.4. The van der Waals surface area contributed by atoms with Crippen LogP contribution in [0.4, 0.5) is 0 Å². The van der Waals surface area contributed by atoms with Crippen LogP contribution < -0.4 is 12.4 Å². The van der Waals surface area contributed by atoms with Crippen LogP contribution in [0.5, 0.6) is 0 Å². The summed E-state index contributed by atoms with van der Waals surface area (Å²) in [6, 6.07) is 3.57. The maximum absolute atomic E-state index is 10.6. The molecule has 0 aliphatic carbocycles. The SMILES string of the molecule is Cc1cc(C2OC[C@@H](O)[C@@H]([C@H](O)C[S+]3C[C@@H](O)[C@H](O)[C@H]3CO)O2)ccn1.[Cl-]. The Morgan fingerprint density at radius 2 is 2.04 bits per heavy atom. The normalized spacial score (nSPS) is 37.6. The second-order valence-electron chi connectivity index (χ2n) is 6.78. The lowest BCUT2D eigenvalue weighted by atomic mass is 10.1. The van der Waals surface area contributed by atoms with Crippen LogP contribution >= 0.6 is 0 Å². The van der Waals surface area contributed by atoms with Gasteiger partial charge in [-0.05, 0) is 19.1 Å². The molecule has 10 heteroatoms. The van der Waals surface area contributed by atoms with Crippen molar-refractivity contribution in [3.8, 4) is 0 Å². The molecular weight excluding hydrogens is 398 g/mol. The topological polar surface area (TPSA) is 132 Å². The number of hydrogen-bond acceptors (Lipinski definition) is 8. The lowest BCUT2D eigenvalue weighted by Gasteiger charge is -2.36. The van der Waals surface area contributed by atoms with Crippen molar-refractivity contribution in [3.63, 3.8) is 0 Å². The quantitative estimate of drug-likeness (QED) is 0.298. The minimum Gasteiger partial charge on any atom is -1.00 e. The van der Waals surface area contributed by atoms with Gasteiger partial charge in [-0.2, -0.15) is 0 Å². The molecule has 0 bridgehead atoms. The van der Waals surface area contributed by atoms with Gasteiger partial charge in [0.2, 0.25) is 0 Å². The summed E-state index contributed by atoms with van der Waals surface area (Å²) < 4.78 is 11.3. The van der Waals surface area contributed by atoms with Crippen molar-refractivity contribution in [2.24, 2.45) is 0 Å². The fraction of sp³-hybridized carbons (Fsp3) is 0.706. The van der Waals surface area contributed by atoms with Gasteiger partial charge in [0.05, 0.1) is 13.2 Å². The lowest BCUT2D eigenvalue weighted by Crippen LogP contribution is -3.00. The number of nitrogens with zero attached hydrogens (tertiary/aromatic N) is 1. The predicted molar refractivity (Wildman–Crippen MR) is 94.5 cm³/mol. The fourth-order valence-corrected chi connectivity index (χ4v) is 6.08. The van der Waals surface area contributed by atoms with Gasteiger partial charge in [-0.1, -0.05) is 0 Å². The number of aliphatic hydroxyl groups excluding tert-OH is 5. The maximum Gasteiger partial charge on any atom is 0.184 e. The van der Waals surface area contributed by atoms with Crippen LogP contribution in [-0.4, -0.2) is 91.0 Å². The summed E-state index contributed by atoms with van der Waals surface area (Å²) in [5, 5.41) is 49.5. The Balaban J connectivity index is 0.00000261. The molecule has 5 N–H and O–H groups in total. The first-order valence-corrected chi connectivity index (χ1v) is 10.2. The van der Waals surface area contributed by atoms with Crippen LogP contribution in [0.25, 0.3) is 0 Å². The van der Waals surface area contributed by atoms with E-state index >= 15 is 0 Å². The Hall–Kier alpha value is -0.490. The van der Waals surface area contributed by atoms with E-state index in [0.717, 1.165) is 11.3 Å². The van der Waals surface area contributed by atoms with E-state index in [1.54, 1.807) is 12.3 Å². The maximum atomic E-state index is 10.6. The second kappa shape index (κ2) is 9.82. The van der Waals surface area contributed by atoms with E-state index < -0.39 is 53.0 Å². The van der Waals surface area contributed by atoms with Crippen molar-refractivity contribution in [2.75, 3.05) is 24.7 Å². The molecule has 0 amide bonds. The summed E-state index contributed by atoms with van der Waals surface area (Å²) in [4.78, 5) is 4.12. The largest absolute Gasteiger partial charge is 1.00 e. The van der Waals surface area contributed by atoms with Crippen molar-refractivity contribution in [3.05, 3.63) is 29.6 Å². The summed E-state index contributed by atoms with van der Waals surface area (Å²) in [6.45, 7) is 1.61. The Morgan fingerprint density at radius 1 is 1.30 bits per heavy atom. The van der Waals surface area contributed by atoms with Crippen LogP contribution in [-0.2, 0) is 20.4 Å². The van der Waals surface area contributed by atoms with Crippen molar-refractivity contribution in [2.45, 2.75) is 49.0 Å². The minimum absolute atomic E-state index is 0. The number of rotatable bonds is 5. The molecule has 0 radical (unpaired) electrons. The van der Waals surface area contributed by atoms with Gasteiger partial charge in [0.15, 0.2) is 11.5 Å². The standard InChI is InChI=1S/C17H26NO7S.ClH/c1-9-4-10(2-3-18-9)17-24-6-11(20)16(25-17)13(22)8-26-7-12(21)15(23)14(26)5-19;/h2-4,11-17,19-23H,5-8H2,1H3;1H/q+1;/p-1/t11-,12-,13-,14-,15+,16+,17?,26?;/m1./s1. The molecule has 2 unspecified atom stereocenters. The molecule has 2 saturated heterocycles. The third-order valence-electron chi connectivity index (χ3n) is 4.80. The van der Waals surface area contributed by atoms with E-state index in [1.807, 2.05) is 13.0 Å². The molecule has 0 aromatic carbocycles. The molecule has 1 aromatic rings. The molecule has 3 rings (SSSR count). The van der Waals surface area contributed by atoms with Gasteiger partial charge in [0, 0.05) is 28.3 Å². The van der Waals surface area contributed by atoms with Gasteiger partial charge >= 0.3 is 0 Å². The summed E-state index contributed by atoms with van der Waals surface area (Å²) in [5.74, 6) is 0.541. The van der Waals surface area contributed by atoms with Crippen LogP contribution in [0.15, 0.2) is 18.3 Å². The number of pyridine rings is 1. The Morgan fingerprint density at radius 3 is 2.70 bits per heavy atom. The molecule has 8 atom stereocenters. The molecular formula is C17H26ClNO7S. The molecule has 8 nitrogen and oxygen atoms in total. The Labute approximate surface area is 166 Å². The molecule has 0 saturated carbocycles. The first-order valence-electron chi connectivity index (χ1n) is 8.59. The van der Waals surface area contributed by atoms with Gasteiger partial charge in [-0.25, -0.2) is 0 Å². The van der Waals surface area contributed by atoms with Crippen molar-refractivity contribution in [1.29, 1.82) is 0 Å². The molecule has 3 heterocycles. The van der Waals surface area contributed by atoms with Crippen LogP contribution in [0, 0.1) is 6.92 Å². The average Bonchev–Trinajstić information content (AvgIpc) is 2.88. The highest BCUT2D eigenvalue weighted by Crippen LogP contribution is 2.30. The predicted octanol–water partition coefficient (Wildman–Crippen LogP) is -4.76. The van der Waals surface area contributed by atoms with E-state index in [4.69, 9.17) is 9.47 Å². The second-order valence-corrected chi connectivity index (χ2v) is 9.13. The van der Waals surface area contributed by atoms with E-state index in [0.29, 0.717) is 5.75 Å². The third kappa shape index (κ3) is 5.11. The summed E-state index contributed by atoms with van der Waals surface area (Å²) in [6.07, 6.45) is -3.82. The van der Waals surface area contributed by atoms with E-state index in [-0.39, 0.29) is 31.4 Å². The molecule has 154 valence electrons. The Bertz CT molecular complexity index is 612. The number of hydrogen-bond donors (Lipinski definition) is 5. The summed E-state index contributed by atoms with van der Waals surface area (Å²) >= 11 is 0. The number of aromatic nitrogens is 1. The molecule has 2 aliphatic heterocycles. The van der Waals surface area contributed by atoms with Gasteiger partial charge in [-0.3, -0.25) is 4.98 Å². The molecule has 2 aliphatic rings. The number of halogens is 1. The number of aryl methyl sites for hydroxylation is 1. The number of aliphatic hydroxyl groups is 5. The molecule has 0 spiro atoms. The highest BCUT2D eigenvalue weighted by atomic mass is 35.5. The fourth-order valence-electron chi connectivity index (χ4n) is 3.40. The molecule has 1 aromatic heterocycles. The highest BCUT2D eigenvalue weighted by Gasteiger charge is 2.51. The van der Waals surface area contributed by atoms with Gasteiger partial charge in [0.1, 0.15) is 42.0 Å². The number of ether oxygens (including phenoxy) is 2. The monoisotopic (exact) mass is 423 g/mol. The van der Waals surface area contributed by atoms with Gasteiger partial charge in [-0.15, -0.1) is 0 Å². The zero-order valence-electron chi connectivity index (χ0n) is 14.9. The zero-order valence-corrected chi connectivity index (χ0v) is 16.5. The zero-order chi connectivity index (χ0) is 18.8.